The molecule has 0 heterocycles. The molecule has 1 aliphatic rings. The van der Waals surface area contributed by atoms with Gasteiger partial charge in [0.2, 0.25) is 10.0 Å². The highest BCUT2D eigenvalue weighted by Crippen LogP contribution is 2.29. The Bertz CT molecular complexity index is 567. The molecular formula is C13H18BrNO3S. The predicted molar refractivity (Wildman–Crippen MR) is 77.3 cm³/mol. The molecule has 0 radical (unpaired) electrons. The number of halogens is 1. The van der Waals surface area contributed by atoms with Gasteiger partial charge < -0.3 is 5.11 Å². The molecule has 2 N–H and O–H groups in total. The second-order valence-corrected chi connectivity index (χ2v) is 7.56. The molecule has 19 heavy (non-hydrogen) atoms. The average molecular weight is 348 g/mol. The minimum Gasteiger partial charge on any atom is -0.392 e. The van der Waals surface area contributed by atoms with Gasteiger partial charge in [0.1, 0.15) is 0 Å². The maximum atomic E-state index is 12.3. The second kappa shape index (κ2) is 5.91. The van der Waals surface area contributed by atoms with Gasteiger partial charge in [-0.25, -0.2) is 13.1 Å². The van der Waals surface area contributed by atoms with Crippen LogP contribution >= 0.6 is 15.9 Å². The Kier molecular flexibility index (Phi) is 4.66. The summed E-state index contributed by atoms with van der Waals surface area (Å²) in [5.41, 5.74) is 1.40. The summed E-state index contributed by atoms with van der Waals surface area (Å²) in [6.45, 7) is 2.14. The molecule has 2 rings (SSSR count). The molecule has 1 aromatic rings. The van der Waals surface area contributed by atoms with Crippen molar-refractivity contribution >= 4 is 26.0 Å². The third-order valence-corrected chi connectivity index (χ3v) is 6.30. The average Bonchev–Trinajstić information content (AvgIpc) is 2.30. The van der Waals surface area contributed by atoms with Gasteiger partial charge in [0, 0.05) is 11.0 Å². The number of benzene rings is 1. The predicted octanol–water partition coefficient (Wildman–Crippen LogP) is 2.33. The maximum Gasteiger partial charge on any atom is 0.241 e. The Morgan fingerprint density at radius 2 is 2.11 bits per heavy atom. The molecular weight excluding hydrogens is 330 g/mol. The van der Waals surface area contributed by atoms with Gasteiger partial charge in [-0.3, -0.25) is 0 Å². The Balaban J connectivity index is 2.25. The number of nitrogens with one attached hydrogen (secondary N) is 1. The normalized spacial score (nSPS) is 16.4. The van der Waals surface area contributed by atoms with Crippen molar-refractivity contribution in [1.82, 2.24) is 4.72 Å². The molecule has 1 fully saturated rings. The summed E-state index contributed by atoms with van der Waals surface area (Å²) >= 11 is 3.32. The quantitative estimate of drug-likeness (QED) is 0.858. The molecule has 4 nitrogen and oxygen atoms in total. The summed E-state index contributed by atoms with van der Waals surface area (Å²) in [5, 5.41) is 9.18. The van der Waals surface area contributed by atoms with E-state index in [2.05, 4.69) is 20.7 Å². The fraction of sp³-hybridized carbons (Fsp3) is 0.538. The molecule has 0 aliphatic heterocycles. The summed E-state index contributed by atoms with van der Waals surface area (Å²) in [6.07, 6.45) is 3.38. The number of aliphatic hydroxyl groups is 1. The first-order chi connectivity index (χ1) is 8.94. The summed E-state index contributed by atoms with van der Waals surface area (Å²) in [4.78, 5) is 0.205. The Hall–Kier alpha value is -0.430. The summed E-state index contributed by atoms with van der Waals surface area (Å²) in [5.74, 6) is 0.468. The van der Waals surface area contributed by atoms with Gasteiger partial charge in [0.05, 0.1) is 11.5 Å². The van der Waals surface area contributed by atoms with Crippen LogP contribution in [-0.4, -0.2) is 20.1 Å². The van der Waals surface area contributed by atoms with Crippen molar-refractivity contribution in [2.75, 3.05) is 6.54 Å². The lowest BCUT2D eigenvalue weighted by atomic mass is 9.86. The third-order valence-electron chi connectivity index (χ3n) is 3.54. The first-order valence-electron chi connectivity index (χ1n) is 6.33. The van der Waals surface area contributed by atoms with E-state index in [0.29, 0.717) is 22.5 Å². The van der Waals surface area contributed by atoms with Gasteiger partial charge in [-0.2, -0.15) is 0 Å². The number of aryl methyl sites for hydroxylation is 1. The van der Waals surface area contributed by atoms with Crippen LogP contribution in [0.3, 0.4) is 0 Å². The highest BCUT2D eigenvalue weighted by atomic mass is 79.9. The van der Waals surface area contributed by atoms with Crippen molar-refractivity contribution in [1.29, 1.82) is 0 Å². The Labute approximate surface area is 122 Å². The first kappa shape index (κ1) is 15.0. The molecule has 6 heteroatoms. The van der Waals surface area contributed by atoms with E-state index in [-0.39, 0.29) is 11.5 Å². The van der Waals surface area contributed by atoms with Gasteiger partial charge in [-0.05, 0) is 58.8 Å². The van der Waals surface area contributed by atoms with Crippen LogP contribution in [0, 0.1) is 12.8 Å². The number of sulfonamides is 1. The molecule has 0 unspecified atom stereocenters. The molecule has 0 atom stereocenters. The van der Waals surface area contributed by atoms with E-state index in [1.807, 2.05) is 6.92 Å². The van der Waals surface area contributed by atoms with Crippen LogP contribution in [0.25, 0.3) is 0 Å². The number of aliphatic hydroxyl groups excluding tert-OH is 1. The van der Waals surface area contributed by atoms with E-state index in [1.165, 1.54) is 12.5 Å². The summed E-state index contributed by atoms with van der Waals surface area (Å²) in [7, 11) is -3.53. The standard InChI is InChI=1S/C13H18BrNO3S/c1-9-5-11(8-16)6-12(13(9)14)19(17,18)15-7-10-3-2-4-10/h5-6,10,15-16H,2-4,7-8H2,1H3. The highest BCUT2D eigenvalue weighted by Gasteiger charge is 2.23. The molecule has 0 bridgehead atoms. The second-order valence-electron chi connectivity index (χ2n) is 5.03. The van der Waals surface area contributed by atoms with E-state index in [9.17, 15) is 13.5 Å². The van der Waals surface area contributed by atoms with Crippen molar-refractivity contribution in [3.8, 4) is 0 Å². The molecule has 0 aromatic heterocycles. The van der Waals surface area contributed by atoms with Crippen molar-refractivity contribution in [3.63, 3.8) is 0 Å². The van der Waals surface area contributed by atoms with Crippen molar-refractivity contribution in [2.45, 2.75) is 37.7 Å². The molecule has 1 aromatic carbocycles. The lowest BCUT2D eigenvalue weighted by Gasteiger charge is -2.25. The fourth-order valence-corrected chi connectivity index (χ4v) is 4.28. The van der Waals surface area contributed by atoms with Crippen molar-refractivity contribution in [2.24, 2.45) is 5.92 Å². The minimum absolute atomic E-state index is 0.167. The molecule has 106 valence electrons. The molecule has 0 spiro atoms. The number of hydrogen-bond acceptors (Lipinski definition) is 3. The van der Waals surface area contributed by atoms with Gasteiger partial charge in [0.25, 0.3) is 0 Å². The van der Waals surface area contributed by atoms with Gasteiger partial charge in [-0.1, -0.05) is 12.5 Å². The smallest absolute Gasteiger partial charge is 0.241 e. The zero-order valence-electron chi connectivity index (χ0n) is 10.8. The van der Waals surface area contributed by atoms with Crippen LogP contribution in [0.5, 0.6) is 0 Å². The molecule has 1 aliphatic carbocycles. The molecule has 0 saturated heterocycles. The Morgan fingerprint density at radius 3 is 2.63 bits per heavy atom. The van der Waals surface area contributed by atoms with Gasteiger partial charge in [0.15, 0.2) is 0 Å². The minimum atomic E-state index is -3.53. The van der Waals surface area contributed by atoms with E-state index in [1.54, 1.807) is 6.07 Å². The summed E-state index contributed by atoms with van der Waals surface area (Å²) < 4.78 is 27.8. The van der Waals surface area contributed by atoms with Crippen molar-refractivity contribution < 1.29 is 13.5 Å². The van der Waals surface area contributed by atoms with Crippen LogP contribution < -0.4 is 4.72 Å². The number of rotatable bonds is 5. The maximum absolute atomic E-state index is 12.3. The number of hydrogen-bond donors (Lipinski definition) is 2. The SMILES string of the molecule is Cc1cc(CO)cc(S(=O)(=O)NCC2CCC2)c1Br. The van der Waals surface area contributed by atoms with Gasteiger partial charge in [-0.15, -0.1) is 0 Å². The van der Waals surface area contributed by atoms with E-state index in [4.69, 9.17) is 0 Å². The van der Waals surface area contributed by atoms with E-state index >= 15 is 0 Å². The van der Waals surface area contributed by atoms with E-state index < -0.39 is 10.0 Å². The van der Waals surface area contributed by atoms with Crippen LogP contribution in [0.2, 0.25) is 0 Å². The fourth-order valence-electron chi connectivity index (χ4n) is 2.10. The van der Waals surface area contributed by atoms with E-state index in [0.717, 1.165) is 18.4 Å². The van der Waals surface area contributed by atoms with Crippen molar-refractivity contribution in [3.05, 3.63) is 27.7 Å². The topological polar surface area (TPSA) is 66.4 Å². The zero-order chi connectivity index (χ0) is 14.0. The van der Waals surface area contributed by atoms with Crippen LogP contribution in [0.15, 0.2) is 21.5 Å². The molecule has 1 saturated carbocycles. The Morgan fingerprint density at radius 1 is 1.42 bits per heavy atom. The van der Waals surface area contributed by atoms with Gasteiger partial charge >= 0.3 is 0 Å². The largest absolute Gasteiger partial charge is 0.392 e. The van der Waals surface area contributed by atoms with Crippen LogP contribution in [0.4, 0.5) is 0 Å². The highest BCUT2D eigenvalue weighted by molar-refractivity contribution is 9.10. The third kappa shape index (κ3) is 3.37. The molecule has 0 amide bonds. The van der Waals surface area contributed by atoms with Crippen LogP contribution in [-0.2, 0) is 16.6 Å². The first-order valence-corrected chi connectivity index (χ1v) is 8.61. The monoisotopic (exact) mass is 347 g/mol. The lowest BCUT2D eigenvalue weighted by molar-refractivity contribution is 0.281. The van der Waals surface area contributed by atoms with Crippen LogP contribution in [0.1, 0.15) is 30.4 Å². The zero-order valence-corrected chi connectivity index (χ0v) is 13.2. The lowest BCUT2D eigenvalue weighted by Crippen LogP contribution is -2.32. The summed E-state index contributed by atoms with van der Waals surface area (Å²) in [6, 6.07) is 3.29.